The Morgan fingerprint density at radius 2 is 1.55 bits per heavy atom. The molecule has 0 unspecified atom stereocenters. The zero-order valence-corrected chi connectivity index (χ0v) is 18.1. The van der Waals surface area contributed by atoms with Gasteiger partial charge >= 0.3 is 0 Å². The molecule has 0 saturated heterocycles. The van der Waals surface area contributed by atoms with E-state index in [0.29, 0.717) is 33.6 Å². The van der Waals surface area contributed by atoms with Crippen LogP contribution in [0.5, 0.6) is 0 Å². The Kier molecular flexibility index (Phi) is 6.04. The van der Waals surface area contributed by atoms with E-state index in [1.165, 1.54) is 24.3 Å². The second-order valence-corrected chi connectivity index (χ2v) is 7.95. The van der Waals surface area contributed by atoms with Crippen LogP contribution in [0.15, 0.2) is 78.9 Å². The molecule has 1 aromatic heterocycles. The van der Waals surface area contributed by atoms with E-state index in [1.807, 2.05) is 32.0 Å². The number of benzene rings is 3. The number of carbonyl (C=O) groups excluding carboxylic acids is 1. The molecular weight excluding hydrogens is 421 g/mol. The molecule has 0 bridgehead atoms. The second-order valence-electron chi connectivity index (χ2n) is 7.95. The maximum atomic E-state index is 13.6. The topological polar surface area (TPSA) is 88.0 Å². The molecule has 6 nitrogen and oxygen atoms in total. The summed E-state index contributed by atoms with van der Waals surface area (Å²) in [5, 5.41) is 14.1. The molecule has 0 aliphatic rings. The first-order chi connectivity index (χ1) is 15.8. The van der Waals surface area contributed by atoms with Crippen molar-refractivity contribution in [2.24, 2.45) is 0 Å². The van der Waals surface area contributed by atoms with Gasteiger partial charge in [-0.25, -0.2) is 4.39 Å². The fraction of sp³-hybridized carbons (Fsp3) is 0.115. The van der Waals surface area contributed by atoms with E-state index < -0.39 is 4.92 Å². The summed E-state index contributed by atoms with van der Waals surface area (Å²) >= 11 is 0. The summed E-state index contributed by atoms with van der Waals surface area (Å²) in [6.07, 6.45) is 0. The molecule has 0 aliphatic carbocycles. The van der Waals surface area contributed by atoms with Crippen LogP contribution in [0.4, 0.5) is 15.8 Å². The van der Waals surface area contributed by atoms with Crippen molar-refractivity contribution in [1.29, 1.82) is 0 Å². The van der Waals surface area contributed by atoms with Crippen molar-refractivity contribution in [3.8, 4) is 22.4 Å². The van der Waals surface area contributed by atoms with Gasteiger partial charge in [-0.15, -0.1) is 0 Å². The predicted octanol–water partition coefficient (Wildman–Crippen LogP) is 6.77. The van der Waals surface area contributed by atoms with Crippen LogP contribution in [0.2, 0.25) is 0 Å². The number of aromatic nitrogens is 1. The molecule has 0 radical (unpaired) electrons. The third-order valence-corrected chi connectivity index (χ3v) is 5.36. The van der Waals surface area contributed by atoms with E-state index in [9.17, 15) is 19.3 Å². The fourth-order valence-electron chi connectivity index (χ4n) is 3.77. The number of nitro groups is 1. The van der Waals surface area contributed by atoms with Crippen molar-refractivity contribution in [2.45, 2.75) is 19.8 Å². The minimum atomic E-state index is -0.468. The lowest BCUT2D eigenvalue weighted by Crippen LogP contribution is -2.15. The average Bonchev–Trinajstić information content (AvgIpc) is 3.21. The summed E-state index contributed by atoms with van der Waals surface area (Å²) in [5.41, 5.74) is 4.36. The number of halogens is 1. The van der Waals surface area contributed by atoms with Crippen LogP contribution in [0.3, 0.4) is 0 Å². The van der Waals surface area contributed by atoms with Crippen LogP contribution in [-0.2, 0) is 0 Å². The number of nitrogens with zero attached hydrogens (tertiary/aromatic N) is 1. The Hall–Kier alpha value is -4.26. The number of amides is 1. The van der Waals surface area contributed by atoms with Gasteiger partial charge in [0, 0.05) is 29.1 Å². The van der Waals surface area contributed by atoms with Crippen molar-refractivity contribution in [3.63, 3.8) is 0 Å². The van der Waals surface area contributed by atoms with Crippen LogP contribution in [0.25, 0.3) is 22.4 Å². The largest absolute Gasteiger partial charge is 0.357 e. The van der Waals surface area contributed by atoms with Gasteiger partial charge in [0.05, 0.1) is 16.2 Å². The van der Waals surface area contributed by atoms with Crippen LogP contribution in [-0.4, -0.2) is 15.8 Å². The maximum absolute atomic E-state index is 13.6. The van der Waals surface area contributed by atoms with E-state index >= 15 is 0 Å². The lowest BCUT2D eigenvalue weighted by Gasteiger charge is -2.12. The molecule has 3 aromatic carbocycles. The number of para-hydroxylation sites is 1. The van der Waals surface area contributed by atoms with E-state index in [2.05, 4.69) is 10.3 Å². The highest BCUT2D eigenvalue weighted by Crippen LogP contribution is 2.40. The SMILES string of the molecule is CC(C)c1[nH]c(-c2ccc(F)cc2)c(-c2ccc([N+](=O)[O-])cc2)c1C(=O)Nc1ccccc1. The van der Waals surface area contributed by atoms with Gasteiger partial charge in [0.1, 0.15) is 5.82 Å². The summed E-state index contributed by atoms with van der Waals surface area (Å²) < 4.78 is 13.6. The first-order valence-corrected chi connectivity index (χ1v) is 10.5. The van der Waals surface area contributed by atoms with Crippen molar-refractivity contribution in [2.75, 3.05) is 5.32 Å². The number of hydrogen-bond acceptors (Lipinski definition) is 3. The van der Waals surface area contributed by atoms with Crippen molar-refractivity contribution in [1.82, 2.24) is 4.98 Å². The molecule has 4 aromatic rings. The van der Waals surface area contributed by atoms with Crippen molar-refractivity contribution < 1.29 is 14.1 Å². The van der Waals surface area contributed by atoms with Gasteiger partial charge in [0.2, 0.25) is 0 Å². The minimum Gasteiger partial charge on any atom is -0.357 e. The molecule has 0 aliphatic heterocycles. The monoisotopic (exact) mass is 443 g/mol. The van der Waals surface area contributed by atoms with Gasteiger partial charge in [0.15, 0.2) is 0 Å². The number of rotatable bonds is 6. The highest BCUT2D eigenvalue weighted by Gasteiger charge is 2.27. The van der Waals surface area contributed by atoms with Crippen LogP contribution in [0, 0.1) is 15.9 Å². The molecule has 0 saturated carbocycles. The summed E-state index contributed by atoms with van der Waals surface area (Å²) in [6.45, 7) is 3.94. The molecule has 0 atom stereocenters. The predicted molar refractivity (Wildman–Crippen MR) is 127 cm³/mol. The molecule has 166 valence electrons. The minimum absolute atomic E-state index is 0.0208. The molecule has 7 heteroatoms. The number of nitrogens with one attached hydrogen (secondary N) is 2. The van der Waals surface area contributed by atoms with E-state index in [-0.39, 0.29) is 23.3 Å². The van der Waals surface area contributed by atoms with Crippen LogP contribution >= 0.6 is 0 Å². The molecule has 0 spiro atoms. The number of H-pyrrole nitrogens is 1. The standard InChI is InChI=1S/C26H22FN3O3/c1-16(2)24-23(26(31)28-20-6-4-3-5-7-20)22(17-10-14-21(15-11-17)30(32)33)25(29-24)18-8-12-19(27)13-9-18/h3-16,29H,1-2H3,(H,28,31). The Morgan fingerprint density at radius 1 is 0.939 bits per heavy atom. The van der Waals surface area contributed by atoms with Crippen molar-refractivity contribution >= 4 is 17.3 Å². The molecular formula is C26H22FN3O3. The van der Waals surface area contributed by atoms with E-state index in [0.717, 1.165) is 5.69 Å². The Bertz CT molecular complexity index is 1300. The number of carbonyl (C=O) groups is 1. The maximum Gasteiger partial charge on any atom is 0.269 e. The number of non-ortho nitro benzene ring substituents is 1. The third-order valence-electron chi connectivity index (χ3n) is 5.36. The second kappa shape index (κ2) is 9.08. The van der Waals surface area contributed by atoms with Gasteiger partial charge in [0.25, 0.3) is 11.6 Å². The van der Waals surface area contributed by atoms with Crippen LogP contribution < -0.4 is 5.32 Å². The Labute approximate surface area is 190 Å². The first-order valence-electron chi connectivity index (χ1n) is 10.5. The zero-order valence-electron chi connectivity index (χ0n) is 18.1. The highest BCUT2D eigenvalue weighted by atomic mass is 19.1. The van der Waals surface area contributed by atoms with Crippen molar-refractivity contribution in [3.05, 3.63) is 106 Å². The Balaban J connectivity index is 1.93. The van der Waals surface area contributed by atoms with Gasteiger partial charge in [-0.3, -0.25) is 14.9 Å². The molecule has 1 heterocycles. The van der Waals surface area contributed by atoms with Gasteiger partial charge in [-0.2, -0.15) is 0 Å². The Morgan fingerprint density at radius 3 is 2.12 bits per heavy atom. The summed E-state index contributed by atoms with van der Waals surface area (Å²) in [4.78, 5) is 27.6. The molecule has 1 amide bonds. The summed E-state index contributed by atoms with van der Waals surface area (Å²) in [6, 6.07) is 21.2. The van der Waals surface area contributed by atoms with E-state index in [1.54, 1.807) is 36.4 Å². The fourth-order valence-corrected chi connectivity index (χ4v) is 3.77. The van der Waals surface area contributed by atoms with E-state index in [4.69, 9.17) is 0 Å². The third kappa shape index (κ3) is 4.52. The quantitative estimate of drug-likeness (QED) is 0.255. The summed E-state index contributed by atoms with van der Waals surface area (Å²) in [5.74, 6) is -0.691. The lowest BCUT2D eigenvalue weighted by atomic mass is 9.94. The number of hydrogen-bond donors (Lipinski definition) is 2. The normalized spacial score (nSPS) is 10.9. The smallest absolute Gasteiger partial charge is 0.269 e. The molecule has 0 fully saturated rings. The average molecular weight is 443 g/mol. The molecule has 2 N–H and O–H groups in total. The summed E-state index contributed by atoms with van der Waals surface area (Å²) in [7, 11) is 0. The molecule has 33 heavy (non-hydrogen) atoms. The van der Waals surface area contributed by atoms with Crippen LogP contribution in [0.1, 0.15) is 35.8 Å². The van der Waals surface area contributed by atoms with Gasteiger partial charge < -0.3 is 10.3 Å². The molecule has 4 rings (SSSR count). The van der Waals surface area contributed by atoms with Gasteiger partial charge in [-0.1, -0.05) is 32.0 Å². The number of nitro benzene ring substituents is 1. The van der Waals surface area contributed by atoms with Gasteiger partial charge in [-0.05, 0) is 65.6 Å². The number of aromatic amines is 1. The zero-order chi connectivity index (χ0) is 23.5. The lowest BCUT2D eigenvalue weighted by molar-refractivity contribution is -0.384. The first kappa shape index (κ1) is 22.0. The highest BCUT2D eigenvalue weighted by molar-refractivity contribution is 6.12. The number of anilines is 1.